The van der Waals surface area contributed by atoms with E-state index in [1.807, 2.05) is 12.1 Å². The highest BCUT2D eigenvalue weighted by molar-refractivity contribution is 6.30. The largest absolute Gasteiger partial charge is 0.397 e. The molecule has 1 N–H and O–H groups in total. The molecule has 0 spiro atoms. The number of hydrogen-bond donors (Lipinski definition) is 1. The molecule has 1 aliphatic rings. The van der Waals surface area contributed by atoms with Gasteiger partial charge >= 0.3 is 6.18 Å². The van der Waals surface area contributed by atoms with Gasteiger partial charge in [-0.25, -0.2) is 9.97 Å². The van der Waals surface area contributed by atoms with Crippen LogP contribution in [0.2, 0.25) is 5.02 Å². The highest BCUT2D eigenvalue weighted by atomic mass is 35.5. The molecule has 0 saturated carbocycles. The smallest absolute Gasteiger partial charge is 0.339 e. The average Bonchev–Trinajstić information content (AvgIpc) is 2.84. The lowest BCUT2D eigenvalue weighted by atomic mass is 10.1. The quantitative estimate of drug-likeness (QED) is 0.542. The number of piperazine rings is 1. The predicted octanol–water partition coefficient (Wildman–Crippen LogP) is 4.78. The van der Waals surface area contributed by atoms with Gasteiger partial charge < -0.3 is 15.1 Å². The second-order valence-electron chi connectivity index (χ2n) is 7.94. The van der Waals surface area contributed by atoms with E-state index in [0.717, 1.165) is 16.2 Å². The Morgan fingerprint density at radius 3 is 2.17 bits per heavy atom. The lowest BCUT2D eigenvalue weighted by molar-refractivity contribution is -0.162. The second-order valence-corrected chi connectivity index (χ2v) is 8.38. The maximum absolute atomic E-state index is 12.8. The lowest BCUT2D eigenvalue weighted by Crippen LogP contribution is -2.51. The molecule has 11 heteroatoms. The van der Waals surface area contributed by atoms with Gasteiger partial charge in [0.25, 0.3) is 5.91 Å². The number of halogens is 4. The Kier molecular flexibility index (Phi) is 7.20. The Balaban J connectivity index is 1.35. The monoisotopic (exact) mass is 503 g/mol. The van der Waals surface area contributed by atoms with Crippen LogP contribution in [0, 0.1) is 0 Å². The molecule has 1 saturated heterocycles. The number of amides is 2. The van der Waals surface area contributed by atoms with Gasteiger partial charge in [0, 0.05) is 54.2 Å². The van der Waals surface area contributed by atoms with Crippen molar-refractivity contribution in [3.05, 3.63) is 71.4 Å². The van der Waals surface area contributed by atoms with Gasteiger partial charge in [-0.15, -0.1) is 0 Å². The number of hydrogen-bond acceptors (Lipinski definition) is 5. The van der Waals surface area contributed by atoms with E-state index in [9.17, 15) is 22.8 Å². The highest BCUT2D eigenvalue weighted by Gasteiger charge is 2.35. The number of aromatic nitrogens is 2. The van der Waals surface area contributed by atoms with Crippen LogP contribution in [-0.4, -0.2) is 63.9 Å². The normalized spacial score (nSPS) is 14.1. The number of rotatable bonds is 5. The molecule has 0 atom stereocenters. The average molecular weight is 504 g/mol. The number of anilines is 2. The molecule has 2 aromatic carbocycles. The number of benzene rings is 2. The molecule has 1 fully saturated rings. The van der Waals surface area contributed by atoms with Gasteiger partial charge in [-0.1, -0.05) is 23.7 Å². The van der Waals surface area contributed by atoms with Crippen LogP contribution in [0.4, 0.5) is 24.8 Å². The zero-order valence-corrected chi connectivity index (χ0v) is 19.2. The van der Waals surface area contributed by atoms with Crippen LogP contribution in [0.5, 0.6) is 0 Å². The van der Waals surface area contributed by atoms with Gasteiger partial charge in [0.2, 0.25) is 11.9 Å². The highest BCUT2D eigenvalue weighted by Crippen LogP contribution is 2.23. The number of carbonyl (C=O) groups excluding carboxylic acids is 2. The number of nitrogens with zero attached hydrogens (tertiary/aromatic N) is 4. The molecule has 0 radical (unpaired) electrons. The maximum Gasteiger partial charge on any atom is 0.397 e. The number of nitrogens with one attached hydrogen (secondary N) is 1. The Labute approximate surface area is 204 Å². The van der Waals surface area contributed by atoms with Crippen molar-refractivity contribution in [3.8, 4) is 11.3 Å². The molecule has 0 aliphatic carbocycles. The van der Waals surface area contributed by atoms with Crippen molar-refractivity contribution in [3.63, 3.8) is 0 Å². The third-order valence-electron chi connectivity index (χ3n) is 5.45. The molecule has 2 heterocycles. The standard InChI is InChI=1S/C24H21ClF3N5O2/c25-18-5-1-16(2-6-18)20-9-10-29-23(31-20)30-19-7-3-17(4-8-19)22(35)33-13-11-32(12-14-33)21(34)15-24(26,27)28/h1-10H,11-15H2,(H,29,30,31). The van der Waals surface area contributed by atoms with Crippen LogP contribution in [0.1, 0.15) is 16.8 Å². The molecule has 0 unspecified atom stereocenters. The fourth-order valence-corrected chi connectivity index (χ4v) is 3.78. The third-order valence-corrected chi connectivity index (χ3v) is 5.71. The minimum Gasteiger partial charge on any atom is -0.339 e. The van der Waals surface area contributed by atoms with E-state index in [2.05, 4.69) is 15.3 Å². The summed E-state index contributed by atoms with van der Waals surface area (Å²) in [4.78, 5) is 35.9. The summed E-state index contributed by atoms with van der Waals surface area (Å²) in [6, 6.07) is 15.8. The first-order valence-electron chi connectivity index (χ1n) is 10.8. The molecule has 7 nitrogen and oxygen atoms in total. The fourth-order valence-electron chi connectivity index (χ4n) is 3.65. The molecule has 182 valence electrons. The first-order valence-corrected chi connectivity index (χ1v) is 11.2. The first kappa shape index (κ1) is 24.5. The molecule has 1 aromatic heterocycles. The molecule has 35 heavy (non-hydrogen) atoms. The summed E-state index contributed by atoms with van der Waals surface area (Å²) in [6.07, 6.45) is -4.39. The van der Waals surface area contributed by atoms with E-state index >= 15 is 0 Å². The number of carbonyl (C=O) groups is 2. The topological polar surface area (TPSA) is 78.4 Å². The zero-order chi connectivity index (χ0) is 25.0. The summed E-state index contributed by atoms with van der Waals surface area (Å²) >= 11 is 5.94. The summed E-state index contributed by atoms with van der Waals surface area (Å²) in [6.45, 7) is 0.491. The van der Waals surface area contributed by atoms with Crippen LogP contribution in [0.3, 0.4) is 0 Å². The van der Waals surface area contributed by atoms with Crippen LogP contribution < -0.4 is 5.32 Å². The van der Waals surface area contributed by atoms with E-state index in [4.69, 9.17) is 11.6 Å². The minimum atomic E-state index is -4.54. The molecule has 4 rings (SSSR count). The minimum absolute atomic E-state index is 0.0710. The molecule has 1 aliphatic heterocycles. The van der Waals surface area contributed by atoms with Crippen LogP contribution >= 0.6 is 11.6 Å². The van der Waals surface area contributed by atoms with Crippen molar-refractivity contribution in [1.29, 1.82) is 0 Å². The second kappa shape index (κ2) is 10.3. The van der Waals surface area contributed by atoms with E-state index < -0.39 is 18.5 Å². The van der Waals surface area contributed by atoms with Gasteiger partial charge in [-0.3, -0.25) is 9.59 Å². The van der Waals surface area contributed by atoms with E-state index in [1.165, 1.54) is 4.90 Å². The van der Waals surface area contributed by atoms with Gasteiger partial charge in [0.1, 0.15) is 6.42 Å². The Morgan fingerprint density at radius 1 is 0.914 bits per heavy atom. The van der Waals surface area contributed by atoms with Crippen molar-refractivity contribution in [2.75, 3.05) is 31.5 Å². The van der Waals surface area contributed by atoms with Crippen LogP contribution in [-0.2, 0) is 4.79 Å². The van der Waals surface area contributed by atoms with Crippen LogP contribution in [0.25, 0.3) is 11.3 Å². The van der Waals surface area contributed by atoms with Gasteiger partial charge in [0.05, 0.1) is 5.69 Å². The molecule has 2 amide bonds. The van der Waals surface area contributed by atoms with Gasteiger partial charge in [-0.05, 0) is 42.5 Å². The summed E-state index contributed by atoms with van der Waals surface area (Å²) in [5.74, 6) is -0.834. The van der Waals surface area contributed by atoms with Crippen LogP contribution in [0.15, 0.2) is 60.8 Å². The lowest BCUT2D eigenvalue weighted by Gasteiger charge is -2.35. The summed E-state index contributed by atoms with van der Waals surface area (Å²) in [7, 11) is 0. The first-order chi connectivity index (χ1) is 16.7. The van der Waals surface area contributed by atoms with Crippen molar-refractivity contribution in [2.45, 2.75) is 12.6 Å². The van der Waals surface area contributed by atoms with Crippen molar-refractivity contribution >= 4 is 35.1 Å². The summed E-state index contributed by atoms with van der Waals surface area (Å²) in [5.41, 5.74) is 2.72. The van der Waals surface area contributed by atoms with E-state index in [1.54, 1.807) is 48.7 Å². The maximum atomic E-state index is 12.8. The van der Waals surface area contributed by atoms with Crippen molar-refractivity contribution in [2.24, 2.45) is 0 Å². The molecule has 0 bridgehead atoms. The van der Waals surface area contributed by atoms with Gasteiger partial charge in [-0.2, -0.15) is 13.2 Å². The molecular formula is C24H21ClF3N5O2. The molecule has 3 aromatic rings. The van der Waals surface area contributed by atoms with Crippen molar-refractivity contribution in [1.82, 2.24) is 19.8 Å². The van der Waals surface area contributed by atoms with E-state index in [0.29, 0.717) is 22.2 Å². The Morgan fingerprint density at radius 2 is 1.54 bits per heavy atom. The zero-order valence-electron chi connectivity index (χ0n) is 18.4. The van der Waals surface area contributed by atoms with E-state index in [-0.39, 0.29) is 32.1 Å². The van der Waals surface area contributed by atoms with Gasteiger partial charge in [0.15, 0.2) is 0 Å². The number of alkyl halides is 3. The summed E-state index contributed by atoms with van der Waals surface area (Å²) in [5, 5.41) is 3.73. The molecular weight excluding hydrogens is 483 g/mol. The predicted molar refractivity (Wildman–Crippen MR) is 125 cm³/mol. The SMILES string of the molecule is O=C(CC(F)(F)F)N1CCN(C(=O)c2ccc(Nc3nccc(-c4ccc(Cl)cc4)n3)cc2)CC1. The fraction of sp³-hybridized carbons (Fsp3) is 0.250. The summed E-state index contributed by atoms with van der Waals surface area (Å²) < 4.78 is 37.3. The third kappa shape index (κ3) is 6.48. The van der Waals surface area contributed by atoms with Crippen molar-refractivity contribution < 1.29 is 22.8 Å². The Bertz CT molecular complexity index is 1200. The Hall–Kier alpha value is -3.66.